The number of rotatable bonds is 2. The molecule has 3 aromatic rings. The first-order chi connectivity index (χ1) is 9.97. The van der Waals surface area contributed by atoms with Crippen molar-refractivity contribution in [3.63, 3.8) is 0 Å². The minimum atomic E-state index is -1.03. The standard InChI is InChI=1S/C15H10ClFN2O2/c1-19-13-5-2-8(15(20)21)6-12(13)18-14(19)10-7-9(16)3-4-11(10)17/h2-7H,1H3,(H,20,21). The zero-order chi connectivity index (χ0) is 15.1. The Labute approximate surface area is 124 Å². The SMILES string of the molecule is Cn1c(-c2cc(Cl)ccc2F)nc2cc(C(=O)O)ccc21. The van der Waals surface area contributed by atoms with Gasteiger partial charge < -0.3 is 9.67 Å². The van der Waals surface area contributed by atoms with E-state index in [0.29, 0.717) is 16.4 Å². The largest absolute Gasteiger partial charge is 0.478 e. The normalized spacial score (nSPS) is 11.0. The van der Waals surface area contributed by atoms with E-state index in [9.17, 15) is 9.18 Å². The molecular weight excluding hydrogens is 295 g/mol. The molecule has 21 heavy (non-hydrogen) atoms. The molecule has 0 spiro atoms. The van der Waals surface area contributed by atoms with Gasteiger partial charge in [-0.3, -0.25) is 0 Å². The van der Waals surface area contributed by atoms with Crippen LogP contribution in [0.2, 0.25) is 5.02 Å². The van der Waals surface area contributed by atoms with Gasteiger partial charge in [0.2, 0.25) is 0 Å². The van der Waals surface area contributed by atoms with Crippen molar-refractivity contribution in [3.8, 4) is 11.4 Å². The molecule has 1 heterocycles. The number of halogens is 2. The van der Waals surface area contributed by atoms with Gasteiger partial charge in [-0.1, -0.05) is 11.6 Å². The maximum absolute atomic E-state index is 14.0. The molecule has 0 radical (unpaired) electrons. The molecule has 0 unspecified atom stereocenters. The van der Waals surface area contributed by atoms with Gasteiger partial charge in [-0.05, 0) is 36.4 Å². The van der Waals surface area contributed by atoms with Crippen molar-refractivity contribution in [1.29, 1.82) is 0 Å². The highest BCUT2D eigenvalue weighted by Crippen LogP contribution is 2.28. The van der Waals surface area contributed by atoms with Crippen LogP contribution in [0, 0.1) is 5.82 Å². The molecule has 2 aromatic carbocycles. The molecule has 0 bridgehead atoms. The van der Waals surface area contributed by atoms with E-state index < -0.39 is 11.8 Å². The van der Waals surface area contributed by atoms with Gasteiger partial charge >= 0.3 is 5.97 Å². The molecule has 6 heteroatoms. The van der Waals surface area contributed by atoms with E-state index >= 15 is 0 Å². The van der Waals surface area contributed by atoms with Crippen LogP contribution < -0.4 is 0 Å². The number of carbonyl (C=O) groups is 1. The first-order valence-electron chi connectivity index (χ1n) is 6.12. The minimum absolute atomic E-state index is 0.138. The first-order valence-corrected chi connectivity index (χ1v) is 6.50. The number of nitrogens with zero attached hydrogens (tertiary/aromatic N) is 2. The lowest BCUT2D eigenvalue weighted by Crippen LogP contribution is -1.96. The van der Waals surface area contributed by atoms with Crippen LogP contribution in [-0.2, 0) is 7.05 Å². The summed E-state index contributed by atoms with van der Waals surface area (Å²) in [6.45, 7) is 0. The van der Waals surface area contributed by atoms with E-state index in [1.807, 2.05) is 0 Å². The lowest BCUT2D eigenvalue weighted by Gasteiger charge is -2.04. The number of benzene rings is 2. The Balaban J connectivity index is 2.26. The summed E-state index contributed by atoms with van der Waals surface area (Å²) in [5, 5.41) is 9.41. The third-order valence-corrected chi connectivity index (χ3v) is 3.53. The van der Waals surface area contributed by atoms with Crippen LogP contribution in [0.25, 0.3) is 22.4 Å². The Morgan fingerprint density at radius 1 is 1.29 bits per heavy atom. The number of aromatic nitrogens is 2. The Hall–Kier alpha value is -2.40. The molecule has 106 valence electrons. The quantitative estimate of drug-likeness (QED) is 0.785. The van der Waals surface area contributed by atoms with Crippen LogP contribution in [-0.4, -0.2) is 20.6 Å². The third kappa shape index (κ3) is 2.25. The molecule has 0 saturated heterocycles. The lowest BCUT2D eigenvalue weighted by molar-refractivity contribution is 0.0697. The summed E-state index contributed by atoms with van der Waals surface area (Å²) >= 11 is 5.90. The van der Waals surface area contributed by atoms with Gasteiger partial charge in [-0.2, -0.15) is 0 Å². The van der Waals surface area contributed by atoms with E-state index in [4.69, 9.17) is 16.7 Å². The second kappa shape index (κ2) is 4.86. The predicted octanol–water partition coefficient (Wildman–Crippen LogP) is 3.73. The number of aromatic carboxylic acids is 1. The molecule has 1 aromatic heterocycles. The molecule has 3 rings (SSSR count). The zero-order valence-corrected chi connectivity index (χ0v) is 11.7. The number of carboxylic acids is 1. The monoisotopic (exact) mass is 304 g/mol. The number of hydrogen-bond donors (Lipinski definition) is 1. The lowest BCUT2D eigenvalue weighted by atomic mass is 10.2. The maximum atomic E-state index is 14.0. The van der Waals surface area contributed by atoms with E-state index in [1.165, 1.54) is 30.3 Å². The Kier molecular flexibility index (Phi) is 3.14. The first kappa shape index (κ1) is 13.6. The average Bonchev–Trinajstić information content (AvgIpc) is 2.78. The Morgan fingerprint density at radius 2 is 2.05 bits per heavy atom. The van der Waals surface area contributed by atoms with Crippen molar-refractivity contribution < 1.29 is 14.3 Å². The fourth-order valence-electron chi connectivity index (χ4n) is 2.24. The number of imidazole rings is 1. The zero-order valence-electron chi connectivity index (χ0n) is 11.0. The van der Waals surface area contributed by atoms with Crippen LogP contribution in [0.4, 0.5) is 4.39 Å². The minimum Gasteiger partial charge on any atom is -0.478 e. The van der Waals surface area contributed by atoms with Crippen molar-refractivity contribution >= 4 is 28.6 Å². The molecule has 0 aliphatic carbocycles. The molecule has 0 amide bonds. The highest BCUT2D eigenvalue weighted by Gasteiger charge is 2.15. The molecule has 4 nitrogen and oxygen atoms in total. The molecule has 0 atom stereocenters. The summed E-state index contributed by atoms with van der Waals surface area (Å²) in [7, 11) is 1.74. The van der Waals surface area contributed by atoms with E-state index in [0.717, 1.165) is 5.52 Å². The number of hydrogen-bond acceptors (Lipinski definition) is 2. The van der Waals surface area contributed by atoms with Gasteiger partial charge in [0.1, 0.15) is 11.6 Å². The topological polar surface area (TPSA) is 55.1 Å². The summed E-state index contributed by atoms with van der Waals surface area (Å²) in [5.41, 5.74) is 1.62. The predicted molar refractivity (Wildman–Crippen MR) is 78.1 cm³/mol. The van der Waals surface area contributed by atoms with Crippen LogP contribution in [0.15, 0.2) is 36.4 Å². The molecule has 0 fully saturated rings. The molecular formula is C15H10ClFN2O2. The molecule has 0 saturated carbocycles. The fourth-order valence-corrected chi connectivity index (χ4v) is 2.41. The summed E-state index contributed by atoms with van der Waals surface area (Å²) < 4.78 is 15.7. The van der Waals surface area contributed by atoms with E-state index in [2.05, 4.69) is 4.98 Å². The van der Waals surface area contributed by atoms with Crippen molar-refractivity contribution in [1.82, 2.24) is 9.55 Å². The van der Waals surface area contributed by atoms with Crippen LogP contribution in [0.5, 0.6) is 0 Å². The summed E-state index contributed by atoms with van der Waals surface area (Å²) in [6.07, 6.45) is 0. The number of fused-ring (bicyclic) bond motifs is 1. The Bertz CT molecular complexity index is 873. The van der Waals surface area contributed by atoms with Crippen molar-refractivity contribution in [2.24, 2.45) is 7.05 Å². The van der Waals surface area contributed by atoms with Gasteiger partial charge in [0, 0.05) is 12.1 Å². The third-order valence-electron chi connectivity index (χ3n) is 3.30. The van der Waals surface area contributed by atoms with Crippen LogP contribution in [0.1, 0.15) is 10.4 Å². The second-order valence-corrected chi connectivity index (χ2v) is 5.06. The molecule has 0 aliphatic rings. The van der Waals surface area contributed by atoms with Gasteiger partial charge in [-0.15, -0.1) is 0 Å². The van der Waals surface area contributed by atoms with Gasteiger partial charge in [0.25, 0.3) is 0 Å². The highest BCUT2D eigenvalue weighted by molar-refractivity contribution is 6.30. The van der Waals surface area contributed by atoms with E-state index in [1.54, 1.807) is 17.7 Å². The highest BCUT2D eigenvalue weighted by atomic mass is 35.5. The number of aryl methyl sites for hydroxylation is 1. The fraction of sp³-hybridized carbons (Fsp3) is 0.0667. The van der Waals surface area contributed by atoms with Crippen molar-refractivity contribution in [3.05, 3.63) is 52.8 Å². The van der Waals surface area contributed by atoms with E-state index in [-0.39, 0.29) is 11.1 Å². The second-order valence-electron chi connectivity index (χ2n) is 4.63. The van der Waals surface area contributed by atoms with Gasteiger partial charge in [0.15, 0.2) is 0 Å². The molecule has 1 N–H and O–H groups in total. The smallest absolute Gasteiger partial charge is 0.335 e. The Morgan fingerprint density at radius 3 is 2.76 bits per heavy atom. The van der Waals surface area contributed by atoms with Crippen molar-refractivity contribution in [2.45, 2.75) is 0 Å². The van der Waals surface area contributed by atoms with Gasteiger partial charge in [0.05, 0.1) is 22.2 Å². The maximum Gasteiger partial charge on any atom is 0.335 e. The van der Waals surface area contributed by atoms with Crippen molar-refractivity contribution in [2.75, 3.05) is 0 Å². The summed E-state index contributed by atoms with van der Waals surface area (Å²) in [6, 6.07) is 8.84. The number of carboxylic acid groups (broad SMARTS) is 1. The average molecular weight is 305 g/mol. The molecule has 0 aliphatic heterocycles. The van der Waals surface area contributed by atoms with Crippen LogP contribution in [0.3, 0.4) is 0 Å². The summed E-state index contributed by atoms with van der Waals surface area (Å²) in [4.78, 5) is 15.3. The van der Waals surface area contributed by atoms with Crippen LogP contribution >= 0.6 is 11.6 Å². The summed E-state index contributed by atoms with van der Waals surface area (Å²) in [5.74, 6) is -1.07. The van der Waals surface area contributed by atoms with Gasteiger partial charge in [-0.25, -0.2) is 14.2 Å².